The van der Waals surface area contributed by atoms with Gasteiger partial charge in [-0.1, -0.05) is 0 Å². The smallest absolute Gasteiger partial charge is 0.303 e. The Kier molecular flexibility index (Phi) is 2.54. The molecule has 2 N–H and O–H groups in total. The lowest BCUT2D eigenvalue weighted by molar-refractivity contribution is -0.138. The van der Waals surface area contributed by atoms with E-state index in [4.69, 9.17) is 14.0 Å². The van der Waals surface area contributed by atoms with Crippen LogP contribution in [0, 0.1) is 13.8 Å². The molecule has 0 bridgehead atoms. The molecule has 0 spiro atoms. The van der Waals surface area contributed by atoms with Gasteiger partial charge in [-0.05, 0) is 62.7 Å². The van der Waals surface area contributed by atoms with Crippen molar-refractivity contribution in [1.29, 1.82) is 0 Å². The van der Waals surface area contributed by atoms with Gasteiger partial charge < -0.3 is 14.9 Å². The highest BCUT2D eigenvalue weighted by Gasteiger charge is 2.33. The van der Waals surface area contributed by atoms with Crippen molar-refractivity contribution in [3.8, 4) is 11.5 Å². The van der Waals surface area contributed by atoms with Gasteiger partial charge in [-0.3, -0.25) is 4.79 Å². The summed E-state index contributed by atoms with van der Waals surface area (Å²) in [5, 5.41) is 18.8. The van der Waals surface area contributed by atoms with E-state index in [9.17, 15) is 9.90 Å². The first-order chi connectivity index (χ1) is 10.0. The number of rotatable bonds is 3. The third-order valence-electron chi connectivity index (χ3n) is 3.71. The van der Waals surface area contributed by atoms with Crippen LogP contribution in [0.15, 0.2) is 6.07 Å². The van der Waals surface area contributed by atoms with Crippen LogP contribution in [0.4, 0.5) is 0 Å². The molecule has 4 heteroatoms. The molecule has 1 unspecified atom stereocenters. The Morgan fingerprint density at radius 2 is 2.32 bits per heavy atom. The fraction of sp³-hybridized carbons (Fsp3) is 0.533. The van der Waals surface area contributed by atoms with Gasteiger partial charge in [-0.15, -0.1) is 0 Å². The van der Waals surface area contributed by atoms with Gasteiger partial charge in [0.25, 0.3) is 0 Å². The van der Waals surface area contributed by atoms with Crippen molar-refractivity contribution in [1.82, 2.24) is 0 Å². The highest BCUT2D eigenvalue weighted by atomic mass is 16.5. The number of ether oxygens (including phenoxy) is 1. The SMILES string of the molecule is [2H]C([2H])([2H])c1c(O)cc2c(c1C)OC(C)(CCC(=O)O)CC2. The third kappa shape index (κ3) is 2.67. The number of hydrogen-bond donors (Lipinski definition) is 2. The summed E-state index contributed by atoms with van der Waals surface area (Å²) in [6, 6.07) is 1.45. The predicted octanol–water partition coefficient (Wildman–Crippen LogP) is 2.96. The fourth-order valence-corrected chi connectivity index (χ4v) is 2.42. The van der Waals surface area contributed by atoms with Crippen molar-refractivity contribution in [2.75, 3.05) is 0 Å². The van der Waals surface area contributed by atoms with Crippen LogP contribution in [0.25, 0.3) is 0 Å². The van der Waals surface area contributed by atoms with Crippen LogP contribution in [0.5, 0.6) is 11.5 Å². The highest BCUT2D eigenvalue weighted by molar-refractivity contribution is 5.66. The first kappa shape index (κ1) is 10.1. The van der Waals surface area contributed by atoms with Gasteiger partial charge in [-0.25, -0.2) is 0 Å². The number of aliphatic carboxylic acids is 1. The Bertz CT molecular complexity index is 610. The van der Waals surface area contributed by atoms with Crippen LogP contribution in [-0.2, 0) is 11.2 Å². The minimum absolute atomic E-state index is 0.00487. The van der Waals surface area contributed by atoms with E-state index < -0.39 is 18.4 Å². The molecule has 4 nitrogen and oxygen atoms in total. The van der Waals surface area contributed by atoms with Gasteiger partial charge in [0, 0.05) is 10.5 Å². The van der Waals surface area contributed by atoms with Crippen LogP contribution in [0.2, 0.25) is 0 Å². The van der Waals surface area contributed by atoms with E-state index in [0.717, 1.165) is 5.56 Å². The van der Waals surface area contributed by atoms with E-state index in [2.05, 4.69) is 0 Å². The Balaban J connectivity index is 2.40. The van der Waals surface area contributed by atoms with Crippen LogP contribution < -0.4 is 4.74 Å². The maximum atomic E-state index is 10.8. The molecule has 2 rings (SSSR count). The topological polar surface area (TPSA) is 66.8 Å². The summed E-state index contributed by atoms with van der Waals surface area (Å²) < 4.78 is 28.6. The highest BCUT2D eigenvalue weighted by Crippen LogP contribution is 2.41. The van der Waals surface area contributed by atoms with Crippen molar-refractivity contribution in [2.24, 2.45) is 0 Å². The van der Waals surface area contributed by atoms with Crippen LogP contribution >= 0.6 is 0 Å². The number of benzene rings is 1. The molecule has 0 fully saturated rings. The summed E-state index contributed by atoms with van der Waals surface area (Å²) in [5.74, 6) is -0.668. The Morgan fingerprint density at radius 3 is 2.95 bits per heavy atom. The number of fused-ring (bicyclic) bond motifs is 1. The lowest BCUT2D eigenvalue weighted by Crippen LogP contribution is -2.37. The van der Waals surface area contributed by atoms with Crippen molar-refractivity contribution in [3.05, 3.63) is 22.8 Å². The monoisotopic (exact) mass is 267 g/mol. The second-order valence-electron chi connectivity index (χ2n) is 5.33. The first-order valence-corrected chi connectivity index (χ1v) is 6.30. The number of phenolic OH excluding ortho intramolecular Hbond substituents is 1. The zero-order chi connectivity index (χ0) is 16.7. The zero-order valence-corrected chi connectivity index (χ0v) is 11.1. The molecule has 1 heterocycles. The van der Waals surface area contributed by atoms with Crippen molar-refractivity contribution in [3.63, 3.8) is 0 Å². The van der Waals surface area contributed by atoms with Crippen molar-refractivity contribution >= 4 is 5.97 Å². The molecule has 0 amide bonds. The standard InChI is InChI=1S/C15H20O4/c1-9-10(2)14-11(8-12(9)16)4-6-15(3,19-14)7-5-13(17)18/h8,16H,4-7H2,1-3H3,(H,17,18)/i1D3. The molecule has 104 valence electrons. The zero-order valence-electron chi connectivity index (χ0n) is 14.1. The summed E-state index contributed by atoms with van der Waals surface area (Å²) in [4.78, 5) is 10.8. The fourth-order valence-electron chi connectivity index (χ4n) is 2.42. The molecule has 0 saturated heterocycles. The maximum absolute atomic E-state index is 10.8. The number of carboxylic acid groups (broad SMARTS) is 1. The number of carboxylic acids is 1. The Labute approximate surface area is 117 Å². The lowest BCUT2D eigenvalue weighted by Gasteiger charge is -2.37. The average molecular weight is 267 g/mol. The second kappa shape index (κ2) is 4.76. The number of aromatic hydroxyl groups is 1. The largest absolute Gasteiger partial charge is 0.508 e. The van der Waals surface area contributed by atoms with E-state index in [1.807, 2.05) is 6.92 Å². The number of carbonyl (C=O) groups is 1. The molecule has 0 saturated carbocycles. The van der Waals surface area contributed by atoms with Crippen LogP contribution in [0.1, 0.15) is 47.0 Å². The van der Waals surface area contributed by atoms with Gasteiger partial charge in [0.15, 0.2) is 0 Å². The maximum Gasteiger partial charge on any atom is 0.303 e. The molecule has 1 aliphatic heterocycles. The molecule has 0 aliphatic carbocycles. The van der Waals surface area contributed by atoms with Crippen LogP contribution in [0.3, 0.4) is 0 Å². The molecular weight excluding hydrogens is 244 g/mol. The number of aryl methyl sites for hydroxylation is 1. The molecule has 1 aliphatic rings. The molecule has 1 atom stereocenters. The molecule has 1 aromatic rings. The normalized spacial score (nSPS) is 24.6. The molecule has 19 heavy (non-hydrogen) atoms. The minimum atomic E-state index is -2.43. The number of hydrogen-bond acceptors (Lipinski definition) is 3. The summed E-state index contributed by atoms with van der Waals surface area (Å²) in [5.41, 5.74) is 0.417. The van der Waals surface area contributed by atoms with E-state index in [1.54, 1.807) is 6.92 Å². The van der Waals surface area contributed by atoms with E-state index in [-0.39, 0.29) is 17.7 Å². The number of phenols is 1. The van der Waals surface area contributed by atoms with Gasteiger partial charge in [0.05, 0.1) is 0 Å². The molecule has 1 aromatic carbocycles. The predicted molar refractivity (Wildman–Crippen MR) is 71.8 cm³/mol. The van der Waals surface area contributed by atoms with E-state index in [0.29, 0.717) is 30.6 Å². The molecule has 0 radical (unpaired) electrons. The second-order valence-corrected chi connectivity index (χ2v) is 5.33. The Morgan fingerprint density at radius 1 is 1.58 bits per heavy atom. The van der Waals surface area contributed by atoms with Crippen molar-refractivity contribution in [2.45, 2.75) is 52.0 Å². The summed E-state index contributed by atoms with van der Waals surface area (Å²) in [7, 11) is 0. The average Bonchev–Trinajstić information content (AvgIpc) is 2.36. The van der Waals surface area contributed by atoms with Gasteiger partial charge in [-0.2, -0.15) is 0 Å². The molecular formula is C15H20O4. The van der Waals surface area contributed by atoms with Gasteiger partial charge in [0.2, 0.25) is 0 Å². The minimum Gasteiger partial charge on any atom is -0.508 e. The van der Waals surface area contributed by atoms with Gasteiger partial charge >= 0.3 is 5.97 Å². The summed E-state index contributed by atoms with van der Waals surface area (Å²) >= 11 is 0. The van der Waals surface area contributed by atoms with Gasteiger partial charge in [0.1, 0.15) is 17.1 Å². The third-order valence-corrected chi connectivity index (χ3v) is 3.71. The lowest BCUT2D eigenvalue weighted by atomic mass is 9.87. The first-order valence-electron chi connectivity index (χ1n) is 7.80. The molecule has 0 aromatic heterocycles. The summed E-state index contributed by atoms with van der Waals surface area (Å²) in [6.45, 7) is 1.02. The quantitative estimate of drug-likeness (QED) is 0.883. The van der Waals surface area contributed by atoms with Crippen molar-refractivity contribution < 1.29 is 23.9 Å². The van der Waals surface area contributed by atoms with E-state index in [1.165, 1.54) is 6.07 Å². The van der Waals surface area contributed by atoms with E-state index >= 15 is 0 Å². The van der Waals surface area contributed by atoms with Crippen LogP contribution in [-0.4, -0.2) is 21.8 Å². The summed E-state index contributed by atoms with van der Waals surface area (Å²) in [6.07, 6.45) is 1.58. The Hall–Kier alpha value is -1.71.